The first-order valence-corrected chi connectivity index (χ1v) is 19.8. The highest BCUT2D eigenvalue weighted by atomic mass is 15.0. The molecule has 12 rings (SSSR count). The van der Waals surface area contributed by atoms with Crippen molar-refractivity contribution in [2.45, 2.75) is 6.42 Å². The number of hydrogen-bond acceptors (Lipinski definition) is 0. The van der Waals surface area contributed by atoms with E-state index in [4.69, 9.17) is 0 Å². The summed E-state index contributed by atoms with van der Waals surface area (Å²) in [5, 5.41) is 5.06. The van der Waals surface area contributed by atoms with E-state index in [9.17, 15) is 0 Å². The van der Waals surface area contributed by atoms with Gasteiger partial charge in [0.05, 0.1) is 27.8 Å². The third-order valence-corrected chi connectivity index (χ3v) is 12.2. The van der Waals surface area contributed by atoms with Gasteiger partial charge in [0, 0.05) is 33.7 Å². The minimum atomic E-state index is 0.860. The largest absolute Gasteiger partial charge is 0.307 e. The number of nitrogens with zero attached hydrogens (tertiary/aromatic N) is 2. The standard InChI is InChI=1S/C55H36N2/c1-3-14-36(15-4-1)37-28-30-38(31-29-37)39-16-11-17-40(34-39)42-22-12-23-43-44-24-13-27-53(50(44)35-49(42)43)57-52-26-10-8-21-46(52)48-33-32-47-45-20-7-9-25-51(45)56(54(47)55(48)57)41-18-5-2-6-19-41/h1-34H,35H2. The molecule has 9 aromatic carbocycles. The number of rotatable bonds is 5. The summed E-state index contributed by atoms with van der Waals surface area (Å²) in [5.74, 6) is 0. The van der Waals surface area contributed by atoms with Crippen LogP contribution in [0.5, 0.6) is 0 Å². The lowest BCUT2D eigenvalue weighted by molar-refractivity contribution is 1.11. The van der Waals surface area contributed by atoms with Gasteiger partial charge in [-0.3, -0.25) is 0 Å². The summed E-state index contributed by atoms with van der Waals surface area (Å²) in [6, 6.07) is 75.7. The molecule has 0 unspecified atom stereocenters. The van der Waals surface area contributed by atoms with Crippen molar-refractivity contribution in [3.63, 3.8) is 0 Å². The van der Waals surface area contributed by atoms with Crippen LogP contribution in [0.4, 0.5) is 0 Å². The summed E-state index contributed by atoms with van der Waals surface area (Å²) in [7, 11) is 0. The molecule has 2 heteroatoms. The summed E-state index contributed by atoms with van der Waals surface area (Å²) in [6.07, 6.45) is 0.860. The van der Waals surface area contributed by atoms with Crippen molar-refractivity contribution in [3.8, 4) is 55.9 Å². The normalized spacial score (nSPS) is 12.1. The van der Waals surface area contributed by atoms with Crippen molar-refractivity contribution in [3.05, 3.63) is 217 Å². The van der Waals surface area contributed by atoms with Gasteiger partial charge in [0.2, 0.25) is 0 Å². The Morgan fingerprint density at radius 1 is 0.298 bits per heavy atom. The van der Waals surface area contributed by atoms with E-state index >= 15 is 0 Å². The highest BCUT2D eigenvalue weighted by Crippen LogP contribution is 2.47. The van der Waals surface area contributed by atoms with E-state index in [1.165, 1.54) is 105 Å². The van der Waals surface area contributed by atoms with Crippen molar-refractivity contribution in [2.75, 3.05) is 0 Å². The molecule has 2 nitrogen and oxygen atoms in total. The third kappa shape index (κ3) is 4.84. The molecule has 0 radical (unpaired) electrons. The minimum Gasteiger partial charge on any atom is -0.307 e. The zero-order valence-corrected chi connectivity index (χ0v) is 31.2. The highest BCUT2D eigenvalue weighted by molar-refractivity contribution is 6.24. The molecule has 0 amide bonds. The Morgan fingerprint density at radius 3 is 1.51 bits per heavy atom. The van der Waals surface area contributed by atoms with E-state index in [-0.39, 0.29) is 0 Å². The number of aromatic nitrogens is 2. The van der Waals surface area contributed by atoms with E-state index in [1.807, 2.05) is 0 Å². The first-order valence-electron chi connectivity index (χ1n) is 19.8. The van der Waals surface area contributed by atoms with Crippen LogP contribution in [-0.4, -0.2) is 9.13 Å². The predicted octanol–water partition coefficient (Wildman–Crippen LogP) is 14.5. The topological polar surface area (TPSA) is 9.86 Å². The van der Waals surface area contributed by atoms with Gasteiger partial charge in [0.15, 0.2) is 0 Å². The van der Waals surface area contributed by atoms with Gasteiger partial charge in [-0.15, -0.1) is 0 Å². The first kappa shape index (κ1) is 31.9. The summed E-state index contributed by atoms with van der Waals surface area (Å²) in [5.41, 5.74) is 20.2. The van der Waals surface area contributed by atoms with Gasteiger partial charge in [-0.05, 0) is 92.0 Å². The van der Waals surface area contributed by atoms with Crippen LogP contribution in [0.1, 0.15) is 11.1 Å². The molecule has 11 aromatic rings. The molecule has 0 aliphatic heterocycles. The zero-order valence-electron chi connectivity index (χ0n) is 31.2. The Balaban J connectivity index is 1.04. The van der Waals surface area contributed by atoms with Gasteiger partial charge >= 0.3 is 0 Å². The SMILES string of the molecule is c1ccc(-c2ccc(-c3cccc(-c4cccc5c4Cc4c-5cccc4-n4c5ccccc5c5ccc6c7ccccc7n(-c7ccccc7)c6c54)c3)cc2)cc1. The summed E-state index contributed by atoms with van der Waals surface area (Å²) < 4.78 is 5.04. The Bertz CT molecular complexity index is 3350. The van der Waals surface area contributed by atoms with Crippen LogP contribution in [0.15, 0.2) is 206 Å². The Morgan fingerprint density at radius 2 is 0.789 bits per heavy atom. The predicted molar refractivity (Wildman–Crippen MR) is 240 cm³/mol. The zero-order chi connectivity index (χ0) is 37.5. The molecule has 0 N–H and O–H groups in total. The maximum atomic E-state index is 2.56. The van der Waals surface area contributed by atoms with Crippen LogP contribution < -0.4 is 0 Å². The second kappa shape index (κ2) is 12.6. The van der Waals surface area contributed by atoms with Crippen molar-refractivity contribution in [1.29, 1.82) is 0 Å². The van der Waals surface area contributed by atoms with E-state index in [1.54, 1.807) is 0 Å². The smallest absolute Gasteiger partial charge is 0.0789 e. The van der Waals surface area contributed by atoms with E-state index in [2.05, 4.69) is 215 Å². The van der Waals surface area contributed by atoms with Crippen molar-refractivity contribution < 1.29 is 0 Å². The molecule has 0 fully saturated rings. The maximum absolute atomic E-state index is 2.56. The van der Waals surface area contributed by atoms with Crippen LogP contribution in [0.3, 0.4) is 0 Å². The fourth-order valence-electron chi connectivity index (χ4n) is 9.65. The molecule has 266 valence electrons. The molecule has 0 saturated carbocycles. The van der Waals surface area contributed by atoms with Crippen LogP contribution >= 0.6 is 0 Å². The first-order chi connectivity index (χ1) is 28.3. The van der Waals surface area contributed by atoms with Gasteiger partial charge in [-0.1, -0.05) is 170 Å². The average molecular weight is 725 g/mol. The van der Waals surface area contributed by atoms with E-state index in [0.29, 0.717) is 0 Å². The lowest BCUT2D eigenvalue weighted by atomic mass is 9.93. The Hall–Kier alpha value is -7.42. The molecule has 0 bridgehead atoms. The van der Waals surface area contributed by atoms with Crippen LogP contribution in [0.2, 0.25) is 0 Å². The van der Waals surface area contributed by atoms with Gasteiger partial charge in [0.25, 0.3) is 0 Å². The molecule has 1 aliphatic rings. The quantitative estimate of drug-likeness (QED) is 0.167. The lowest BCUT2D eigenvalue weighted by Crippen LogP contribution is -2.01. The molecular weight excluding hydrogens is 689 g/mol. The summed E-state index contributed by atoms with van der Waals surface area (Å²) in [4.78, 5) is 0. The van der Waals surface area contributed by atoms with Crippen molar-refractivity contribution in [1.82, 2.24) is 9.13 Å². The summed E-state index contributed by atoms with van der Waals surface area (Å²) in [6.45, 7) is 0. The van der Waals surface area contributed by atoms with Crippen LogP contribution in [0, 0.1) is 0 Å². The molecular formula is C55H36N2. The molecule has 0 atom stereocenters. The lowest BCUT2D eigenvalue weighted by Gasteiger charge is -2.15. The Labute approximate surface area is 331 Å². The molecule has 0 spiro atoms. The molecule has 1 aliphatic carbocycles. The third-order valence-electron chi connectivity index (χ3n) is 12.2. The molecule has 2 aromatic heterocycles. The maximum Gasteiger partial charge on any atom is 0.0789 e. The van der Waals surface area contributed by atoms with Crippen molar-refractivity contribution >= 4 is 43.6 Å². The number of benzene rings is 9. The van der Waals surface area contributed by atoms with E-state index in [0.717, 1.165) is 12.1 Å². The van der Waals surface area contributed by atoms with Crippen molar-refractivity contribution in [2.24, 2.45) is 0 Å². The van der Waals surface area contributed by atoms with Gasteiger partial charge in [0.1, 0.15) is 0 Å². The minimum absolute atomic E-state index is 0.860. The van der Waals surface area contributed by atoms with Gasteiger partial charge in [-0.25, -0.2) is 0 Å². The number of fused-ring (bicyclic) bond motifs is 10. The summed E-state index contributed by atoms with van der Waals surface area (Å²) >= 11 is 0. The second-order valence-electron chi connectivity index (χ2n) is 15.2. The van der Waals surface area contributed by atoms with E-state index < -0.39 is 0 Å². The fourth-order valence-corrected chi connectivity index (χ4v) is 9.65. The van der Waals surface area contributed by atoms with Gasteiger partial charge in [-0.2, -0.15) is 0 Å². The monoisotopic (exact) mass is 724 g/mol. The van der Waals surface area contributed by atoms with Gasteiger partial charge < -0.3 is 9.13 Å². The average Bonchev–Trinajstić information content (AvgIpc) is 3.95. The van der Waals surface area contributed by atoms with Crippen LogP contribution in [0.25, 0.3) is 99.5 Å². The highest BCUT2D eigenvalue weighted by Gasteiger charge is 2.27. The molecule has 57 heavy (non-hydrogen) atoms. The molecule has 2 heterocycles. The second-order valence-corrected chi connectivity index (χ2v) is 15.2. The van der Waals surface area contributed by atoms with Crippen LogP contribution in [-0.2, 0) is 6.42 Å². The fraction of sp³-hybridized carbons (Fsp3) is 0.0182. The number of para-hydroxylation sites is 3. The number of hydrogen-bond donors (Lipinski definition) is 0. The Kier molecular flexibility index (Phi) is 7.02. The molecule has 0 saturated heterocycles.